The lowest BCUT2D eigenvalue weighted by Crippen LogP contribution is -2.27. The third-order valence-corrected chi connectivity index (χ3v) is 3.73. The summed E-state index contributed by atoms with van der Waals surface area (Å²) in [5, 5.41) is 6.76. The molecule has 1 aromatic carbocycles. The molecule has 0 aliphatic carbocycles. The molecule has 1 N–H and O–H groups in total. The summed E-state index contributed by atoms with van der Waals surface area (Å²) in [6, 6.07) is 5.66. The van der Waals surface area contributed by atoms with Crippen LogP contribution in [0.15, 0.2) is 22.7 Å². The van der Waals surface area contributed by atoms with Crippen LogP contribution in [0.2, 0.25) is 0 Å². The predicted molar refractivity (Wildman–Crippen MR) is 85.9 cm³/mol. The fourth-order valence-corrected chi connectivity index (χ4v) is 2.37. The molecule has 0 bridgehead atoms. The lowest BCUT2D eigenvalue weighted by Gasteiger charge is -2.11. The topological polar surface area (TPSA) is 73.6 Å². The number of nitrogens with one attached hydrogen (secondary N) is 1. The molecule has 1 aromatic heterocycles. The van der Waals surface area contributed by atoms with Crippen LogP contribution in [-0.2, 0) is 17.6 Å². The van der Waals surface area contributed by atoms with Gasteiger partial charge in [-0.05, 0) is 31.9 Å². The first kappa shape index (κ1) is 16.9. The van der Waals surface area contributed by atoms with E-state index in [2.05, 4.69) is 10.5 Å². The van der Waals surface area contributed by atoms with Crippen molar-refractivity contribution in [2.45, 2.75) is 26.7 Å². The van der Waals surface area contributed by atoms with Gasteiger partial charge in [0.1, 0.15) is 17.3 Å². The lowest BCUT2D eigenvalue weighted by molar-refractivity contribution is -0.120. The minimum Gasteiger partial charge on any atom is -0.497 e. The van der Waals surface area contributed by atoms with Gasteiger partial charge in [0.2, 0.25) is 5.91 Å². The van der Waals surface area contributed by atoms with Crippen LogP contribution >= 0.6 is 0 Å². The molecule has 6 nitrogen and oxygen atoms in total. The first-order chi connectivity index (χ1) is 11.0. The summed E-state index contributed by atoms with van der Waals surface area (Å²) < 4.78 is 15.6. The summed E-state index contributed by atoms with van der Waals surface area (Å²) in [5.74, 6) is 2.14. The zero-order valence-electron chi connectivity index (χ0n) is 13.9. The van der Waals surface area contributed by atoms with Gasteiger partial charge in [0.05, 0.1) is 26.3 Å². The zero-order chi connectivity index (χ0) is 16.8. The highest BCUT2D eigenvalue weighted by atomic mass is 16.5. The highest BCUT2D eigenvalue weighted by Gasteiger charge is 2.13. The number of amides is 1. The molecule has 0 fully saturated rings. The van der Waals surface area contributed by atoms with E-state index in [-0.39, 0.29) is 12.3 Å². The van der Waals surface area contributed by atoms with Gasteiger partial charge in [0, 0.05) is 18.2 Å². The van der Waals surface area contributed by atoms with Crippen molar-refractivity contribution >= 4 is 5.91 Å². The molecule has 23 heavy (non-hydrogen) atoms. The molecule has 0 saturated heterocycles. The van der Waals surface area contributed by atoms with Crippen LogP contribution < -0.4 is 14.8 Å². The monoisotopic (exact) mass is 318 g/mol. The summed E-state index contributed by atoms with van der Waals surface area (Å²) >= 11 is 0. The second kappa shape index (κ2) is 7.67. The molecule has 0 saturated carbocycles. The van der Waals surface area contributed by atoms with E-state index < -0.39 is 0 Å². The van der Waals surface area contributed by atoms with Crippen LogP contribution in [0.5, 0.6) is 11.5 Å². The quantitative estimate of drug-likeness (QED) is 0.847. The molecule has 0 aliphatic rings. The Labute approximate surface area is 135 Å². The Balaban J connectivity index is 1.88. The van der Waals surface area contributed by atoms with Gasteiger partial charge in [0.15, 0.2) is 0 Å². The molecule has 0 unspecified atom stereocenters. The van der Waals surface area contributed by atoms with E-state index in [4.69, 9.17) is 14.0 Å². The average molecular weight is 318 g/mol. The molecule has 2 rings (SSSR count). The van der Waals surface area contributed by atoms with E-state index in [1.807, 2.05) is 32.0 Å². The molecule has 0 radical (unpaired) electrons. The summed E-state index contributed by atoms with van der Waals surface area (Å²) in [5.41, 5.74) is 2.63. The second-order valence-electron chi connectivity index (χ2n) is 5.26. The average Bonchev–Trinajstić information content (AvgIpc) is 2.87. The number of methoxy groups -OCH3 is 2. The van der Waals surface area contributed by atoms with Crippen molar-refractivity contribution in [2.75, 3.05) is 20.8 Å². The molecule has 124 valence electrons. The van der Waals surface area contributed by atoms with Crippen molar-refractivity contribution < 1.29 is 18.8 Å². The van der Waals surface area contributed by atoms with Crippen molar-refractivity contribution in [2.24, 2.45) is 0 Å². The number of nitrogens with zero attached hydrogens (tertiary/aromatic N) is 1. The number of aryl methyl sites for hydroxylation is 2. The van der Waals surface area contributed by atoms with E-state index in [0.717, 1.165) is 28.3 Å². The number of carbonyl (C=O) groups is 1. The first-order valence-corrected chi connectivity index (χ1v) is 7.44. The summed E-state index contributed by atoms with van der Waals surface area (Å²) in [4.78, 5) is 12.0. The van der Waals surface area contributed by atoms with Gasteiger partial charge in [-0.25, -0.2) is 0 Å². The van der Waals surface area contributed by atoms with Gasteiger partial charge >= 0.3 is 0 Å². The molecule has 2 aromatic rings. The van der Waals surface area contributed by atoms with Gasteiger partial charge in [-0.1, -0.05) is 11.2 Å². The number of aromatic nitrogens is 1. The van der Waals surface area contributed by atoms with Gasteiger partial charge in [-0.15, -0.1) is 0 Å². The van der Waals surface area contributed by atoms with Crippen LogP contribution in [-0.4, -0.2) is 31.8 Å². The number of rotatable bonds is 7. The molecule has 1 amide bonds. The SMILES string of the molecule is COc1ccc(CCNC(=O)Cc2c(C)noc2C)c(OC)c1. The van der Waals surface area contributed by atoms with E-state index in [1.165, 1.54) is 0 Å². The minimum atomic E-state index is -0.0492. The van der Waals surface area contributed by atoms with Crippen molar-refractivity contribution in [3.05, 3.63) is 40.8 Å². The van der Waals surface area contributed by atoms with Crippen LogP contribution in [0.4, 0.5) is 0 Å². The zero-order valence-corrected chi connectivity index (χ0v) is 13.9. The van der Waals surface area contributed by atoms with Crippen LogP contribution in [0.3, 0.4) is 0 Å². The van der Waals surface area contributed by atoms with E-state index >= 15 is 0 Å². The van der Waals surface area contributed by atoms with Gasteiger partial charge in [0.25, 0.3) is 0 Å². The fraction of sp³-hybridized carbons (Fsp3) is 0.412. The summed E-state index contributed by atoms with van der Waals surface area (Å²) in [7, 11) is 3.23. The van der Waals surface area contributed by atoms with Crippen LogP contribution in [0.1, 0.15) is 22.6 Å². The van der Waals surface area contributed by atoms with E-state index in [1.54, 1.807) is 14.2 Å². The molecular formula is C17H22N2O4. The Bertz CT molecular complexity index is 660. The molecule has 0 spiro atoms. The Kier molecular flexibility index (Phi) is 5.62. The first-order valence-electron chi connectivity index (χ1n) is 7.44. The maximum atomic E-state index is 12.0. The van der Waals surface area contributed by atoms with Crippen LogP contribution in [0, 0.1) is 13.8 Å². The maximum absolute atomic E-state index is 12.0. The van der Waals surface area contributed by atoms with Crippen molar-refractivity contribution in [1.29, 1.82) is 0 Å². The van der Waals surface area contributed by atoms with Crippen molar-refractivity contribution in [3.63, 3.8) is 0 Å². The van der Waals surface area contributed by atoms with Gasteiger partial charge < -0.3 is 19.3 Å². The standard InChI is InChI=1S/C17H22N2O4/c1-11-15(12(2)23-19-11)10-17(20)18-8-7-13-5-6-14(21-3)9-16(13)22-4/h5-6,9H,7-8,10H2,1-4H3,(H,18,20). The fourth-order valence-electron chi connectivity index (χ4n) is 2.37. The number of ether oxygens (including phenoxy) is 2. The Hall–Kier alpha value is -2.50. The highest BCUT2D eigenvalue weighted by Crippen LogP contribution is 2.24. The number of benzene rings is 1. The summed E-state index contributed by atoms with van der Waals surface area (Å²) in [6.07, 6.45) is 0.960. The predicted octanol–water partition coefficient (Wildman–Crippen LogP) is 2.21. The van der Waals surface area contributed by atoms with Crippen LogP contribution in [0.25, 0.3) is 0 Å². The molecule has 0 atom stereocenters. The normalized spacial score (nSPS) is 10.4. The number of hydrogen-bond acceptors (Lipinski definition) is 5. The van der Waals surface area contributed by atoms with Crippen molar-refractivity contribution in [1.82, 2.24) is 10.5 Å². The Morgan fingerprint density at radius 1 is 1.26 bits per heavy atom. The molecule has 6 heteroatoms. The third kappa shape index (κ3) is 4.25. The molecule has 0 aliphatic heterocycles. The van der Waals surface area contributed by atoms with E-state index in [0.29, 0.717) is 18.7 Å². The van der Waals surface area contributed by atoms with Gasteiger partial charge in [-0.3, -0.25) is 4.79 Å². The second-order valence-corrected chi connectivity index (χ2v) is 5.26. The third-order valence-electron chi connectivity index (χ3n) is 3.73. The summed E-state index contributed by atoms with van der Waals surface area (Å²) in [6.45, 7) is 4.18. The highest BCUT2D eigenvalue weighted by molar-refractivity contribution is 5.79. The Morgan fingerprint density at radius 3 is 2.65 bits per heavy atom. The Morgan fingerprint density at radius 2 is 2.04 bits per heavy atom. The number of hydrogen-bond donors (Lipinski definition) is 1. The lowest BCUT2D eigenvalue weighted by atomic mass is 10.1. The maximum Gasteiger partial charge on any atom is 0.224 e. The van der Waals surface area contributed by atoms with E-state index in [9.17, 15) is 4.79 Å². The smallest absolute Gasteiger partial charge is 0.224 e. The largest absolute Gasteiger partial charge is 0.497 e. The number of carbonyl (C=O) groups excluding carboxylic acids is 1. The van der Waals surface area contributed by atoms with Gasteiger partial charge in [-0.2, -0.15) is 0 Å². The van der Waals surface area contributed by atoms with Crippen molar-refractivity contribution in [3.8, 4) is 11.5 Å². The minimum absolute atomic E-state index is 0.0492. The molecular weight excluding hydrogens is 296 g/mol. The molecule has 1 heterocycles.